The van der Waals surface area contributed by atoms with Crippen molar-refractivity contribution in [2.45, 2.75) is 12.1 Å². The summed E-state index contributed by atoms with van der Waals surface area (Å²) < 4.78 is 11.2. The van der Waals surface area contributed by atoms with Crippen LogP contribution in [0.25, 0.3) is 0 Å². The van der Waals surface area contributed by atoms with E-state index in [0.29, 0.717) is 5.88 Å². The number of fused-ring (bicyclic) bond motifs is 1. The van der Waals surface area contributed by atoms with E-state index in [2.05, 4.69) is 39.0 Å². The zero-order chi connectivity index (χ0) is 15.7. The number of nitrogens with one attached hydrogen (secondary N) is 1. The number of benzene rings is 1. The molecule has 1 aromatic carbocycles. The summed E-state index contributed by atoms with van der Waals surface area (Å²) in [5.41, 5.74) is 2.91. The fourth-order valence-electron chi connectivity index (χ4n) is 2.69. The molecule has 22 heavy (non-hydrogen) atoms. The van der Waals surface area contributed by atoms with Gasteiger partial charge in [0, 0.05) is 15.8 Å². The molecule has 1 N–H and O–H groups in total. The van der Waals surface area contributed by atoms with E-state index >= 15 is 0 Å². The third kappa shape index (κ3) is 2.68. The first-order chi connectivity index (χ1) is 10.6. The van der Waals surface area contributed by atoms with Crippen LogP contribution in [-0.2, 0) is 9.53 Å². The molecule has 2 heterocycles. The molecule has 2 unspecified atom stereocenters. The van der Waals surface area contributed by atoms with E-state index in [4.69, 9.17) is 9.47 Å². The minimum absolute atomic E-state index is 0.0905. The number of ether oxygens (including phenoxy) is 2. The van der Waals surface area contributed by atoms with E-state index in [9.17, 15) is 4.79 Å². The number of hydrogen-bond acceptors (Lipinski definition) is 5. The van der Waals surface area contributed by atoms with Crippen LogP contribution in [0.2, 0.25) is 0 Å². The molecule has 1 aromatic heterocycles. The van der Waals surface area contributed by atoms with Crippen LogP contribution in [-0.4, -0.2) is 25.2 Å². The molecule has 2 atom stereocenters. The van der Waals surface area contributed by atoms with E-state index in [1.54, 1.807) is 19.4 Å². The lowest BCUT2D eigenvalue weighted by Crippen LogP contribution is -2.26. The predicted octanol–water partition coefficient (Wildman–Crippen LogP) is 2.60. The Kier molecular flexibility index (Phi) is 4.30. The summed E-state index contributed by atoms with van der Waals surface area (Å²) in [4.78, 5) is 16.3. The van der Waals surface area contributed by atoms with Gasteiger partial charge in [0.1, 0.15) is 6.04 Å². The number of nitrogens with zero attached hydrogens (tertiary/aromatic N) is 1. The second-order valence-corrected chi connectivity index (χ2v) is 6.21. The number of carbonyl (C=O) groups excluding carboxylic acids is 1. The van der Waals surface area contributed by atoms with Gasteiger partial charge in [-0.25, -0.2) is 9.78 Å². The highest BCUT2D eigenvalue weighted by molar-refractivity contribution is 14.1. The number of pyridine rings is 1. The fourth-order valence-corrected chi connectivity index (χ4v) is 3.25. The minimum Gasteiger partial charge on any atom is -0.481 e. The Labute approximate surface area is 142 Å². The summed E-state index contributed by atoms with van der Waals surface area (Å²) in [5.74, 6) is 0.167. The van der Waals surface area contributed by atoms with Crippen LogP contribution in [0.3, 0.4) is 0 Å². The van der Waals surface area contributed by atoms with E-state index in [0.717, 1.165) is 20.3 Å². The van der Waals surface area contributed by atoms with E-state index in [-0.39, 0.29) is 12.0 Å². The lowest BCUT2D eigenvalue weighted by Gasteiger charge is -2.14. The minimum atomic E-state index is -0.514. The van der Waals surface area contributed by atoms with Crippen molar-refractivity contribution in [2.24, 2.45) is 0 Å². The first-order valence-corrected chi connectivity index (χ1v) is 7.85. The zero-order valence-corrected chi connectivity index (χ0v) is 14.3. The molecule has 3 rings (SSSR count). The lowest BCUT2D eigenvalue weighted by atomic mass is 9.99. The summed E-state index contributed by atoms with van der Waals surface area (Å²) in [5, 5.41) is 3.33. The molecule has 0 saturated heterocycles. The molecule has 0 bridgehead atoms. The van der Waals surface area contributed by atoms with Gasteiger partial charge in [0.25, 0.3) is 0 Å². The average molecular weight is 410 g/mol. The Morgan fingerprint density at radius 2 is 2.09 bits per heavy atom. The molecule has 0 radical (unpaired) electrons. The molecule has 0 aliphatic carbocycles. The third-order valence-corrected chi connectivity index (χ3v) is 4.40. The number of rotatable bonds is 3. The molecule has 1 aliphatic rings. The standard InChI is InChI=1S/C16H15IN2O3/c1-21-13-7-11-12(8-18-13)14(19-15(11)16(20)22-2)9-4-3-5-10(17)6-9/h3-8,14-15,19H,1-2H3. The molecule has 2 aromatic rings. The predicted molar refractivity (Wildman–Crippen MR) is 89.7 cm³/mol. The van der Waals surface area contributed by atoms with Crippen molar-refractivity contribution in [3.63, 3.8) is 0 Å². The van der Waals surface area contributed by atoms with Gasteiger partial charge in [-0.05, 0) is 51.4 Å². The fraction of sp³-hybridized carbons (Fsp3) is 0.250. The van der Waals surface area contributed by atoms with Gasteiger partial charge < -0.3 is 9.47 Å². The Hall–Kier alpha value is -1.67. The van der Waals surface area contributed by atoms with Crippen LogP contribution in [0.4, 0.5) is 0 Å². The molecule has 0 spiro atoms. The number of hydrogen-bond donors (Lipinski definition) is 1. The number of esters is 1. The Balaban J connectivity index is 2.07. The van der Waals surface area contributed by atoms with Gasteiger partial charge in [0.15, 0.2) is 0 Å². The van der Waals surface area contributed by atoms with Crippen molar-refractivity contribution in [1.29, 1.82) is 0 Å². The monoisotopic (exact) mass is 410 g/mol. The maximum atomic E-state index is 12.1. The van der Waals surface area contributed by atoms with Crippen molar-refractivity contribution in [1.82, 2.24) is 10.3 Å². The van der Waals surface area contributed by atoms with Crippen LogP contribution in [0.5, 0.6) is 5.88 Å². The van der Waals surface area contributed by atoms with E-state index in [1.165, 1.54) is 7.11 Å². The quantitative estimate of drug-likeness (QED) is 0.623. The highest BCUT2D eigenvalue weighted by Gasteiger charge is 2.37. The maximum absolute atomic E-state index is 12.1. The molecular formula is C16H15IN2O3. The van der Waals surface area contributed by atoms with Crippen molar-refractivity contribution >= 4 is 28.6 Å². The van der Waals surface area contributed by atoms with Gasteiger partial charge >= 0.3 is 5.97 Å². The van der Waals surface area contributed by atoms with Crippen LogP contribution < -0.4 is 10.1 Å². The van der Waals surface area contributed by atoms with Crippen molar-refractivity contribution in [2.75, 3.05) is 14.2 Å². The highest BCUT2D eigenvalue weighted by atomic mass is 127. The number of carbonyl (C=O) groups is 1. The smallest absolute Gasteiger partial charge is 0.327 e. The third-order valence-electron chi connectivity index (χ3n) is 3.73. The summed E-state index contributed by atoms with van der Waals surface area (Å²) in [6.07, 6.45) is 1.76. The zero-order valence-electron chi connectivity index (χ0n) is 12.2. The molecule has 5 nitrogen and oxygen atoms in total. The van der Waals surface area contributed by atoms with Crippen LogP contribution in [0.1, 0.15) is 28.8 Å². The molecule has 114 valence electrons. The lowest BCUT2D eigenvalue weighted by molar-refractivity contribution is -0.143. The Morgan fingerprint density at radius 1 is 1.27 bits per heavy atom. The summed E-state index contributed by atoms with van der Waals surface area (Å²) in [6, 6.07) is 9.34. The first-order valence-electron chi connectivity index (χ1n) is 6.77. The Bertz CT molecular complexity index is 720. The second kappa shape index (κ2) is 6.21. The van der Waals surface area contributed by atoms with Crippen LogP contribution in [0.15, 0.2) is 36.5 Å². The molecule has 6 heteroatoms. The summed E-state index contributed by atoms with van der Waals surface area (Å²) >= 11 is 2.27. The van der Waals surface area contributed by atoms with Gasteiger partial charge in [0.2, 0.25) is 5.88 Å². The van der Waals surface area contributed by atoms with Gasteiger partial charge in [-0.2, -0.15) is 0 Å². The van der Waals surface area contributed by atoms with E-state index in [1.807, 2.05) is 18.2 Å². The number of methoxy groups -OCH3 is 2. The van der Waals surface area contributed by atoms with Crippen LogP contribution in [0, 0.1) is 3.57 Å². The topological polar surface area (TPSA) is 60.5 Å². The first kappa shape index (κ1) is 15.2. The number of aromatic nitrogens is 1. The Morgan fingerprint density at radius 3 is 2.77 bits per heavy atom. The number of halogens is 1. The molecule has 0 saturated carbocycles. The van der Waals surface area contributed by atoms with Gasteiger partial charge in [0.05, 0.1) is 20.3 Å². The highest BCUT2D eigenvalue weighted by Crippen LogP contribution is 2.38. The van der Waals surface area contributed by atoms with E-state index < -0.39 is 6.04 Å². The van der Waals surface area contributed by atoms with Crippen molar-refractivity contribution in [3.05, 3.63) is 56.8 Å². The molecular weight excluding hydrogens is 395 g/mol. The van der Waals surface area contributed by atoms with Crippen molar-refractivity contribution < 1.29 is 14.3 Å². The van der Waals surface area contributed by atoms with Crippen molar-refractivity contribution in [3.8, 4) is 5.88 Å². The van der Waals surface area contributed by atoms with Gasteiger partial charge in [-0.3, -0.25) is 5.32 Å². The molecule has 1 aliphatic heterocycles. The average Bonchev–Trinajstić information content (AvgIpc) is 2.92. The second-order valence-electron chi connectivity index (χ2n) is 4.97. The van der Waals surface area contributed by atoms with Crippen LogP contribution >= 0.6 is 22.6 Å². The SMILES string of the molecule is COC(=O)C1NC(c2cccc(I)c2)c2cnc(OC)cc21. The maximum Gasteiger partial charge on any atom is 0.327 e. The summed E-state index contributed by atoms with van der Waals surface area (Å²) in [6.45, 7) is 0. The largest absolute Gasteiger partial charge is 0.481 e. The van der Waals surface area contributed by atoms with Gasteiger partial charge in [-0.15, -0.1) is 0 Å². The molecule has 0 fully saturated rings. The molecule has 0 amide bonds. The summed E-state index contributed by atoms with van der Waals surface area (Å²) in [7, 11) is 2.95. The normalized spacial score (nSPS) is 19.6. The van der Waals surface area contributed by atoms with Gasteiger partial charge in [-0.1, -0.05) is 12.1 Å².